The summed E-state index contributed by atoms with van der Waals surface area (Å²) in [5.41, 5.74) is 0.371. The highest BCUT2D eigenvalue weighted by molar-refractivity contribution is 6.58. The van der Waals surface area contributed by atoms with Gasteiger partial charge < -0.3 is 10.0 Å². The molecule has 1 aromatic rings. The maximum Gasteiger partial charge on any atom is 0.496 e. The summed E-state index contributed by atoms with van der Waals surface area (Å²) in [6.07, 6.45) is 8.17. The maximum atomic E-state index is 8.79. The maximum absolute atomic E-state index is 8.79. The van der Waals surface area contributed by atoms with Crippen molar-refractivity contribution < 1.29 is 14.6 Å². The molecule has 0 aliphatic heterocycles. The standard InChI is InChI=1S/C7H10BN2O2/c1-2-3-10-5-7(8(11)12)4-9-6-10/h2-6,11-12H,1H3/q+1. The van der Waals surface area contributed by atoms with Gasteiger partial charge in [-0.15, -0.1) is 0 Å². The van der Waals surface area contributed by atoms with E-state index >= 15 is 0 Å². The van der Waals surface area contributed by atoms with Gasteiger partial charge in [-0.05, 0) is 13.0 Å². The minimum Gasteiger partial charge on any atom is -0.423 e. The minimum atomic E-state index is -1.46. The molecule has 12 heavy (non-hydrogen) atoms. The monoisotopic (exact) mass is 165 g/mol. The van der Waals surface area contributed by atoms with E-state index in [0.717, 1.165) is 0 Å². The van der Waals surface area contributed by atoms with Crippen LogP contribution < -0.4 is 10.0 Å². The smallest absolute Gasteiger partial charge is 0.423 e. The normalized spacial score (nSPS) is 10.6. The van der Waals surface area contributed by atoms with Gasteiger partial charge in [-0.1, -0.05) is 4.98 Å². The molecule has 1 rings (SSSR count). The van der Waals surface area contributed by atoms with E-state index in [1.165, 1.54) is 6.20 Å². The first-order valence-electron chi connectivity index (χ1n) is 3.58. The number of hydrogen-bond acceptors (Lipinski definition) is 3. The molecule has 4 nitrogen and oxygen atoms in total. The van der Waals surface area contributed by atoms with Crippen LogP contribution in [0, 0.1) is 0 Å². The zero-order valence-electron chi connectivity index (χ0n) is 6.75. The summed E-state index contributed by atoms with van der Waals surface area (Å²) in [6, 6.07) is 0. The predicted molar refractivity (Wildman–Crippen MR) is 45.3 cm³/mol. The molecule has 1 aromatic heterocycles. The van der Waals surface area contributed by atoms with E-state index in [1.54, 1.807) is 23.3 Å². The highest BCUT2D eigenvalue weighted by Crippen LogP contribution is 1.74. The van der Waals surface area contributed by atoms with Crippen molar-refractivity contribution in [2.24, 2.45) is 0 Å². The quantitative estimate of drug-likeness (QED) is 0.416. The van der Waals surface area contributed by atoms with Crippen LogP contribution in [0.4, 0.5) is 0 Å². The molecule has 0 bridgehead atoms. The zero-order chi connectivity index (χ0) is 8.97. The van der Waals surface area contributed by atoms with Crippen LogP contribution in [0.5, 0.6) is 0 Å². The topological polar surface area (TPSA) is 57.2 Å². The number of nitrogens with zero attached hydrogens (tertiary/aromatic N) is 2. The van der Waals surface area contributed by atoms with E-state index in [9.17, 15) is 0 Å². The summed E-state index contributed by atoms with van der Waals surface area (Å²) in [4.78, 5) is 3.82. The Balaban J connectivity index is 2.95. The van der Waals surface area contributed by atoms with Gasteiger partial charge in [0.05, 0.1) is 17.9 Å². The van der Waals surface area contributed by atoms with Crippen molar-refractivity contribution in [1.82, 2.24) is 4.98 Å². The molecule has 2 N–H and O–H groups in total. The molecule has 62 valence electrons. The van der Waals surface area contributed by atoms with Gasteiger partial charge in [-0.25, -0.2) is 4.57 Å². The van der Waals surface area contributed by atoms with Crippen molar-refractivity contribution >= 4 is 18.8 Å². The van der Waals surface area contributed by atoms with Gasteiger partial charge in [0.25, 0.3) is 6.33 Å². The molecule has 5 heteroatoms. The van der Waals surface area contributed by atoms with Crippen molar-refractivity contribution in [3.63, 3.8) is 0 Å². The molecule has 0 saturated carbocycles. The molecule has 0 spiro atoms. The molecular weight excluding hydrogens is 155 g/mol. The van der Waals surface area contributed by atoms with Crippen molar-refractivity contribution in [2.75, 3.05) is 0 Å². The second kappa shape index (κ2) is 3.99. The Labute approximate surface area is 71.0 Å². The van der Waals surface area contributed by atoms with Crippen molar-refractivity contribution in [3.05, 3.63) is 24.8 Å². The Morgan fingerprint density at radius 1 is 1.58 bits per heavy atom. The van der Waals surface area contributed by atoms with E-state index in [-0.39, 0.29) is 0 Å². The number of allylic oxidation sites excluding steroid dienone is 1. The Morgan fingerprint density at radius 2 is 2.33 bits per heavy atom. The molecule has 1 heterocycles. The minimum absolute atomic E-state index is 0.371. The summed E-state index contributed by atoms with van der Waals surface area (Å²) in [7, 11) is -1.46. The molecule has 0 aliphatic carbocycles. The van der Waals surface area contributed by atoms with Crippen LogP contribution in [0.2, 0.25) is 0 Å². The molecular formula is C7H10BN2O2+. The largest absolute Gasteiger partial charge is 0.496 e. The lowest BCUT2D eigenvalue weighted by Gasteiger charge is -1.94. The number of rotatable bonds is 2. The number of hydrogen-bond donors (Lipinski definition) is 2. The van der Waals surface area contributed by atoms with Crippen LogP contribution in [0.25, 0.3) is 6.20 Å². The summed E-state index contributed by atoms with van der Waals surface area (Å²) in [6.45, 7) is 1.87. The Morgan fingerprint density at radius 3 is 2.92 bits per heavy atom. The Bertz CT molecular complexity index is 288. The first-order chi connectivity index (χ1) is 5.74. The average Bonchev–Trinajstić information content (AvgIpc) is 2.05. The molecule has 0 atom stereocenters. The lowest BCUT2D eigenvalue weighted by Crippen LogP contribution is -2.39. The van der Waals surface area contributed by atoms with Crippen LogP contribution in [-0.4, -0.2) is 22.2 Å². The summed E-state index contributed by atoms with van der Waals surface area (Å²) >= 11 is 0. The third kappa shape index (κ3) is 2.15. The summed E-state index contributed by atoms with van der Waals surface area (Å²) < 4.78 is 1.65. The molecule has 0 radical (unpaired) electrons. The lowest BCUT2D eigenvalue weighted by atomic mass is 9.83. The van der Waals surface area contributed by atoms with Crippen molar-refractivity contribution in [1.29, 1.82) is 0 Å². The van der Waals surface area contributed by atoms with Gasteiger partial charge in [0.1, 0.15) is 6.20 Å². The van der Waals surface area contributed by atoms with E-state index in [0.29, 0.717) is 5.46 Å². The van der Waals surface area contributed by atoms with Gasteiger partial charge in [0, 0.05) is 0 Å². The van der Waals surface area contributed by atoms with Crippen LogP contribution in [0.15, 0.2) is 24.8 Å². The lowest BCUT2D eigenvalue weighted by molar-refractivity contribution is -0.571. The van der Waals surface area contributed by atoms with E-state index in [4.69, 9.17) is 10.0 Å². The fraction of sp³-hybridized carbons (Fsp3) is 0.143. The average molecular weight is 165 g/mol. The first kappa shape index (κ1) is 8.90. The first-order valence-corrected chi connectivity index (χ1v) is 3.58. The molecule has 0 aliphatic rings. The van der Waals surface area contributed by atoms with Crippen LogP contribution in [-0.2, 0) is 0 Å². The van der Waals surface area contributed by atoms with Gasteiger partial charge >= 0.3 is 7.12 Å². The van der Waals surface area contributed by atoms with Crippen molar-refractivity contribution in [2.45, 2.75) is 6.92 Å². The molecule has 0 amide bonds. The molecule has 0 unspecified atom stereocenters. The molecule has 0 saturated heterocycles. The van der Waals surface area contributed by atoms with E-state index < -0.39 is 7.12 Å². The van der Waals surface area contributed by atoms with Gasteiger partial charge in [-0.2, -0.15) is 0 Å². The second-order valence-electron chi connectivity index (χ2n) is 2.33. The highest BCUT2D eigenvalue weighted by Gasteiger charge is 2.14. The van der Waals surface area contributed by atoms with Gasteiger partial charge in [0.2, 0.25) is 0 Å². The molecule has 0 fully saturated rings. The summed E-state index contributed by atoms with van der Waals surface area (Å²) in [5.74, 6) is 0. The SMILES string of the molecule is CC=C[n+]1cncc(B(O)O)c1. The zero-order valence-corrected chi connectivity index (χ0v) is 6.75. The third-order valence-corrected chi connectivity index (χ3v) is 1.34. The van der Waals surface area contributed by atoms with Gasteiger partial charge in [-0.3, -0.25) is 0 Å². The Kier molecular flexibility index (Phi) is 2.96. The van der Waals surface area contributed by atoms with Crippen molar-refractivity contribution in [3.8, 4) is 0 Å². The highest BCUT2D eigenvalue weighted by atomic mass is 16.4. The molecule has 0 aromatic carbocycles. The number of aromatic nitrogens is 2. The van der Waals surface area contributed by atoms with Crippen LogP contribution in [0.3, 0.4) is 0 Å². The van der Waals surface area contributed by atoms with E-state index in [1.807, 2.05) is 13.0 Å². The Hall–Kier alpha value is -1.20. The van der Waals surface area contributed by atoms with Crippen LogP contribution >= 0.6 is 0 Å². The predicted octanol–water partition coefficient (Wildman–Crippen LogP) is -1.46. The van der Waals surface area contributed by atoms with Gasteiger partial charge in [0.15, 0.2) is 0 Å². The second-order valence-corrected chi connectivity index (χ2v) is 2.33. The third-order valence-electron chi connectivity index (χ3n) is 1.34. The fourth-order valence-corrected chi connectivity index (χ4v) is 0.822. The van der Waals surface area contributed by atoms with E-state index in [2.05, 4.69) is 4.98 Å². The van der Waals surface area contributed by atoms with Crippen LogP contribution in [0.1, 0.15) is 6.92 Å². The fourth-order valence-electron chi connectivity index (χ4n) is 0.822. The summed E-state index contributed by atoms with van der Waals surface area (Å²) in [5, 5.41) is 17.6.